The van der Waals surface area contributed by atoms with Gasteiger partial charge in [-0.25, -0.2) is 0 Å². The molecule has 1 aromatic heterocycles. The molecule has 0 bridgehead atoms. The fourth-order valence-corrected chi connectivity index (χ4v) is 2.87. The van der Waals surface area contributed by atoms with Crippen LogP contribution in [0.5, 0.6) is 0 Å². The van der Waals surface area contributed by atoms with Crippen LogP contribution in [0.2, 0.25) is 10.0 Å². The van der Waals surface area contributed by atoms with Gasteiger partial charge in [0.2, 0.25) is 0 Å². The summed E-state index contributed by atoms with van der Waals surface area (Å²) in [7, 11) is 0. The quantitative estimate of drug-likeness (QED) is 0.934. The molecule has 1 N–H and O–H groups in total. The zero-order valence-corrected chi connectivity index (χ0v) is 13.1. The molecule has 3 rings (SSSR count). The van der Waals surface area contributed by atoms with Gasteiger partial charge >= 0.3 is 0 Å². The summed E-state index contributed by atoms with van der Waals surface area (Å²) in [5.74, 6) is 2.07. The van der Waals surface area contributed by atoms with E-state index < -0.39 is 0 Å². The average Bonchev–Trinajstić information content (AvgIpc) is 2.97. The van der Waals surface area contributed by atoms with Crippen LogP contribution < -0.4 is 5.32 Å². The van der Waals surface area contributed by atoms with Gasteiger partial charge in [0, 0.05) is 35.1 Å². The van der Waals surface area contributed by atoms with Crippen molar-refractivity contribution in [3.8, 4) is 0 Å². The van der Waals surface area contributed by atoms with Gasteiger partial charge in [-0.3, -0.25) is 0 Å². The Labute approximate surface area is 133 Å². The van der Waals surface area contributed by atoms with Crippen LogP contribution in [-0.4, -0.2) is 14.8 Å². The van der Waals surface area contributed by atoms with Gasteiger partial charge in [-0.2, -0.15) is 0 Å². The lowest BCUT2D eigenvalue weighted by Crippen LogP contribution is -2.17. The van der Waals surface area contributed by atoms with Crippen molar-refractivity contribution in [1.82, 2.24) is 20.1 Å². The van der Waals surface area contributed by atoms with Crippen molar-refractivity contribution < 1.29 is 0 Å². The number of halogens is 3. The lowest BCUT2D eigenvalue weighted by Gasteiger charge is -2.08. The molecule has 4 nitrogen and oxygen atoms in total. The Hall–Kier alpha value is -0.810. The van der Waals surface area contributed by atoms with E-state index >= 15 is 0 Å². The molecule has 0 atom stereocenters. The summed E-state index contributed by atoms with van der Waals surface area (Å²) >= 11 is 12.3. The summed E-state index contributed by atoms with van der Waals surface area (Å²) in [6.45, 7) is 2.32. The molecular formula is C13H15Cl3N4. The third-order valence-electron chi connectivity index (χ3n) is 3.33. The molecule has 0 amide bonds. The molecule has 0 aliphatic carbocycles. The predicted octanol–water partition coefficient (Wildman–Crippen LogP) is 3.24. The zero-order valence-electron chi connectivity index (χ0n) is 10.8. The molecule has 0 fully saturated rings. The van der Waals surface area contributed by atoms with Crippen molar-refractivity contribution in [1.29, 1.82) is 0 Å². The van der Waals surface area contributed by atoms with Crippen LogP contribution >= 0.6 is 35.6 Å². The predicted molar refractivity (Wildman–Crippen MR) is 82.6 cm³/mol. The average molecular weight is 334 g/mol. The number of rotatable bonds is 4. The maximum absolute atomic E-state index is 6.13. The van der Waals surface area contributed by atoms with Gasteiger partial charge in [-0.1, -0.05) is 29.3 Å². The second-order valence-corrected chi connectivity index (χ2v) is 5.41. The summed E-state index contributed by atoms with van der Waals surface area (Å²) in [6, 6.07) is 5.54. The van der Waals surface area contributed by atoms with E-state index in [0.29, 0.717) is 23.1 Å². The van der Waals surface area contributed by atoms with Crippen LogP contribution in [0.15, 0.2) is 18.2 Å². The van der Waals surface area contributed by atoms with E-state index in [1.54, 1.807) is 0 Å². The van der Waals surface area contributed by atoms with Crippen molar-refractivity contribution in [2.45, 2.75) is 32.5 Å². The first-order valence-corrected chi connectivity index (χ1v) is 7.06. The van der Waals surface area contributed by atoms with Crippen LogP contribution in [0.1, 0.15) is 23.6 Å². The molecule has 108 valence electrons. The Morgan fingerprint density at radius 2 is 1.90 bits per heavy atom. The topological polar surface area (TPSA) is 42.7 Å². The minimum absolute atomic E-state index is 0. The standard InChI is InChI=1S/C13H14Cl2N4.ClH/c14-10-3-1-4-11(15)9(10)7-16-8-13-18-17-12-5-2-6-19(12)13;/h1,3-4,16H,2,5-8H2;1H. The fourth-order valence-electron chi connectivity index (χ4n) is 2.34. The monoisotopic (exact) mass is 332 g/mol. The molecule has 2 aromatic rings. The van der Waals surface area contributed by atoms with E-state index in [2.05, 4.69) is 20.1 Å². The number of aromatic nitrogens is 3. The Kier molecular flexibility index (Phi) is 5.27. The van der Waals surface area contributed by atoms with Crippen LogP contribution in [0.4, 0.5) is 0 Å². The van der Waals surface area contributed by atoms with Gasteiger partial charge in [0.05, 0.1) is 6.54 Å². The van der Waals surface area contributed by atoms with Crippen molar-refractivity contribution in [3.05, 3.63) is 45.5 Å². The van der Waals surface area contributed by atoms with Gasteiger partial charge in [-0.05, 0) is 18.6 Å². The Bertz CT molecular complexity index is 577. The lowest BCUT2D eigenvalue weighted by molar-refractivity contribution is 0.610. The van der Waals surface area contributed by atoms with Gasteiger partial charge in [0.1, 0.15) is 11.6 Å². The van der Waals surface area contributed by atoms with Crippen LogP contribution in [0.3, 0.4) is 0 Å². The maximum atomic E-state index is 6.13. The maximum Gasteiger partial charge on any atom is 0.147 e. The first-order chi connectivity index (χ1) is 9.25. The molecule has 1 aliphatic heterocycles. The summed E-state index contributed by atoms with van der Waals surface area (Å²) in [4.78, 5) is 0. The van der Waals surface area contributed by atoms with Crippen LogP contribution in [0, 0.1) is 0 Å². The number of nitrogens with zero attached hydrogens (tertiary/aromatic N) is 3. The minimum atomic E-state index is 0. The van der Waals surface area contributed by atoms with Gasteiger partial charge in [0.15, 0.2) is 0 Å². The normalized spacial score (nSPS) is 13.1. The third-order valence-corrected chi connectivity index (χ3v) is 4.04. The van der Waals surface area contributed by atoms with E-state index in [1.807, 2.05) is 18.2 Å². The zero-order chi connectivity index (χ0) is 13.2. The van der Waals surface area contributed by atoms with E-state index in [4.69, 9.17) is 23.2 Å². The molecule has 20 heavy (non-hydrogen) atoms. The summed E-state index contributed by atoms with van der Waals surface area (Å²) in [6.07, 6.45) is 2.19. The lowest BCUT2D eigenvalue weighted by atomic mass is 10.2. The molecule has 0 radical (unpaired) electrons. The summed E-state index contributed by atoms with van der Waals surface area (Å²) < 4.78 is 2.18. The Morgan fingerprint density at radius 3 is 2.65 bits per heavy atom. The number of fused-ring (bicyclic) bond motifs is 1. The first-order valence-electron chi connectivity index (χ1n) is 6.30. The third kappa shape index (κ3) is 3.09. The highest BCUT2D eigenvalue weighted by Crippen LogP contribution is 2.24. The Balaban J connectivity index is 0.00000147. The van der Waals surface area contributed by atoms with Gasteiger partial charge < -0.3 is 9.88 Å². The highest BCUT2D eigenvalue weighted by molar-refractivity contribution is 6.35. The summed E-state index contributed by atoms with van der Waals surface area (Å²) in [5.41, 5.74) is 0.923. The molecule has 7 heteroatoms. The molecule has 0 unspecified atom stereocenters. The highest BCUT2D eigenvalue weighted by atomic mass is 35.5. The molecular weight excluding hydrogens is 319 g/mol. The fraction of sp³-hybridized carbons (Fsp3) is 0.385. The minimum Gasteiger partial charge on any atom is -0.314 e. The highest BCUT2D eigenvalue weighted by Gasteiger charge is 2.16. The molecule has 0 saturated heterocycles. The van der Waals surface area contributed by atoms with Gasteiger partial charge in [-0.15, -0.1) is 22.6 Å². The van der Waals surface area contributed by atoms with Crippen molar-refractivity contribution in [2.75, 3.05) is 0 Å². The molecule has 0 spiro atoms. The second-order valence-electron chi connectivity index (χ2n) is 4.59. The van der Waals surface area contributed by atoms with Gasteiger partial charge in [0.25, 0.3) is 0 Å². The number of aryl methyl sites for hydroxylation is 1. The van der Waals surface area contributed by atoms with E-state index in [-0.39, 0.29) is 12.4 Å². The number of nitrogens with one attached hydrogen (secondary N) is 1. The van der Waals surface area contributed by atoms with Crippen LogP contribution in [0.25, 0.3) is 0 Å². The SMILES string of the molecule is Cl.Clc1cccc(Cl)c1CNCc1nnc2n1CCC2. The summed E-state index contributed by atoms with van der Waals surface area (Å²) in [5, 5.41) is 13.1. The van der Waals surface area contributed by atoms with E-state index in [9.17, 15) is 0 Å². The van der Waals surface area contributed by atoms with Crippen molar-refractivity contribution in [3.63, 3.8) is 0 Å². The smallest absolute Gasteiger partial charge is 0.147 e. The van der Waals surface area contributed by atoms with Crippen molar-refractivity contribution >= 4 is 35.6 Å². The molecule has 0 saturated carbocycles. The van der Waals surface area contributed by atoms with E-state index in [1.165, 1.54) is 0 Å². The van der Waals surface area contributed by atoms with Crippen LogP contribution in [-0.2, 0) is 26.1 Å². The Morgan fingerprint density at radius 1 is 1.15 bits per heavy atom. The number of hydrogen-bond acceptors (Lipinski definition) is 3. The molecule has 1 aliphatic rings. The van der Waals surface area contributed by atoms with E-state index in [0.717, 1.165) is 36.6 Å². The van der Waals surface area contributed by atoms with Crippen molar-refractivity contribution in [2.24, 2.45) is 0 Å². The largest absolute Gasteiger partial charge is 0.314 e. The number of hydrogen-bond donors (Lipinski definition) is 1. The first kappa shape index (κ1) is 15.6. The molecule has 2 heterocycles. The molecule has 1 aromatic carbocycles. The number of benzene rings is 1. The second kappa shape index (κ2) is 6.76.